The molecule has 126 valence electrons. The molecule has 1 aliphatic carbocycles. The van der Waals surface area contributed by atoms with Crippen LogP contribution in [0.1, 0.15) is 48.0 Å². The molecule has 0 radical (unpaired) electrons. The van der Waals surface area contributed by atoms with Gasteiger partial charge in [-0.25, -0.2) is 0 Å². The van der Waals surface area contributed by atoms with Crippen LogP contribution >= 0.6 is 0 Å². The number of carbonyl (C=O) groups is 2. The van der Waals surface area contributed by atoms with Gasteiger partial charge in [0.15, 0.2) is 11.2 Å². The first-order chi connectivity index (χ1) is 10.1. The second-order valence-electron chi connectivity index (χ2n) is 7.06. The molecule has 0 aromatic rings. The van der Waals surface area contributed by atoms with Crippen molar-refractivity contribution in [2.75, 3.05) is 6.61 Å². The predicted octanol–water partition coefficient (Wildman–Crippen LogP) is 2.05. The van der Waals surface area contributed by atoms with E-state index in [2.05, 4.69) is 0 Å². The third-order valence-electron chi connectivity index (χ3n) is 3.91. The van der Waals surface area contributed by atoms with E-state index in [-0.39, 0.29) is 24.2 Å². The van der Waals surface area contributed by atoms with E-state index in [4.69, 9.17) is 18.9 Å². The number of hydrogen-bond acceptors (Lipinski definition) is 6. The van der Waals surface area contributed by atoms with Crippen LogP contribution in [0.3, 0.4) is 0 Å². The molecule has 0 spiro atoms. The fourth-order valence-corrected chi connectivity index (χ4v) is 2.84. The first-order valence-corrected chi connectivity index (χ1v) is 7.82. The summed E-state index contributed by atoms with van der Waals surface area (Å²) in [7, 11) is 0. The van der Waals surface area contributed by atoms with Gasteiger partial charge in [0.1, 0.15) is 0 Å². The highest BCUT2D eigenvalue weighted by atomic mass is 16.7. The third kappa shape index (κ3) is 3.27. The molecule has 2 aliphatic rings. The molecule has 0 unspecified atom stereocenters. The number of ether oxygens (including phenoxy) is 4. The van der Waals surface area contributed by atoms with Crippen LogP contribution in [-0.2, 0) is 28.5 Å². The maximum atomic E-state index is 12.5. The van der Waals surface area contributed by atoms with Crippen molar-refractivity contribution >= 4 is 11.9 Å². The summed E-state index contributed by atoms with van der Waals surface area (Å²) in [5.41, 5.74) is -1.25. The van der Waals surface area contributed by atoms with Crippen LogP contribution < -0.4 is 0 Å². The molecule has 6 nitrogen and oxygen atoms in total. The average molecular weight is 314 g/mol. The number of hydrogen-bond donors (Lipinski definition) is 0. The van der Waals surface area contributed by atoms with Gasteiger partial charge in [-0.3, -0.25) is 9.59 Å². The highest BCUT2D eigenvalue weighted by Crippen LogP contribution is 2.58. The number of rotatable bonds is 5. The van der Waals surface area contributed by atoms with Crippen molar-refractivity contribution in [2.45, 2.75) is 72.1 Å². The second kappa shape index (κ2) is 5.81. The van der Waals surface area contributed by atoms with Crippen LogP contribution in [0.25, 0.3) is 0 Å². The quantitative estimate of drug-likeness (QED) is 0.571. The van der Waals surface area contributed by atoms with Crippen molar-refractivity contribution in [1.82, 2.24) is 0 Å². The van der Waals surface area contributed by atoms with Crippen molar-refractivity contribution in [3.8, 4) is 0 Å². The van der Waals surface area contributed by atoms with E-state index in [0.717, 1.165) is 0 Å². The topological polar surface area (TPSA) is 71.1 Å². The molecule has 2 rings (SSSR count). The lowest BCUT2D eigenvalue weighted by Gasteiger charge is -2.21. The Bertz CT molecular complexity index is 432. The summed E-state index contributed by atoms with van der Waals surface area (Å²) in [6.07, 6.45) is -0.479. The molecular weight excluding hydrogens is 288 g/mol. The van der Waals surface area contributed by atoms with Crippen LogP contribution in [0.4, 0.5) is 0 Å². The summed E-state index contributed by atoms with van der Waals surface area (Å²) in [6, 6.07) is 0. The minimum atomic E-state index is -1.25. The highest BCUT2D eigenvalue weighted by molar-refractivity contribution is 6.04. The molecule has 1 aliphatic heterocycles. The van der Waals surface area contributed by atoms with Crippen molar-refractivity contribution < 1.29 is 28.5 Å². The zero-order valence-electron chi connectivity index (χ0n) is 14.2. The van der Waals surface area contributed by atoms with Crippen molar-refractivity contribution in [1.29, 1.82) is 0 Å². The molecule has 2 atom stereocenters. The minimum Gasteiger partial charge on any atom is -0.462 e. The van der Waals surface area contributed by atoms with E-state index in [9.17, 15) is 9.59 Å². The Hall–Kier alpha value is -1.14. The second-order valence-corrected chi connectivity index (χ2v) is 7.06. The molecule has 0 N–H and O–H groups in total. The lowest BCUT2D eigenvalue weighted by molar-refractivity contribution is -0.173. The molecule has 0 aromatic heterocycles. The Morgan fingerprint density at radius 1 is 1.05 bits per heavy atom. The summed E-state index contributed by atoms with van der Waals surface area (Å²) >= 11 is 0. The van der Waals surface area contributed by atoms with Crippen LogP contribution in [0, 0.1) is 11.3 Å². The van der Waals surface area contributed by atoms with Gasteiger partial charge in [-0.05, 0) is 48.0 Å². The minimum absolute atomic E-state index is 0.258. The number of esters is 2. The smallest absolute Gasteiger partial charge is 0.324 e. The fraction of sp³-hybridized carbons (Fsp3) is 0.875. The van der Waals surface area contributed by atoms with Crippen LogP contribution in [0.2, 0.25) is 0 Å². The third-order valence-corrected chi connectivity index (χ3v) is 3.91. The highest BCUT2D eigenvalue weighted by Gasteiger charge is 2.72. The van der Waals surface area contributed by atoms with Gasteiger partial charge in [-0.15, -0.1) is 0 Å². The standard InChI is InChI=1S/C16H26O6/c1-9(2)20-13(17)16(14(18)21-10(3)4)7-11(16)12-8-19-15(5,6)22-12/h9-12H,7-8H2,1-6H3/t11-,12+/m0/s1. The zero-order valence-corrected chi connectivity index (χ0v) is 14.2. The van der Waals surface area contributed by atoms with E-state index in [0.29, 0.717) is 13.0 Å². The normalized spacial score (nSPS) is 28.7. The Kier molecular flexibility index (Phi) is 4.55. The van der Waals surface area contributed by atoms with Gasteiger partial charge in [-0.2, -0.15) is 0 Å². The Balaban J connectivity index is 2.15. The summed E-state index contributed by atoms with van der Waals surface area (Å²) in [4.78, 5) is 24.9. The Morgan fingerprint density at radius 3 is 1.91 bits per heavy atom. The van der Waals surface area contributed by atoms with Gasteiger partial charge in [-0.1, -0.05) is 0 Å². The van der Waals surface area contributed by atoms with Gasteiger partial charge >= 0.3 is 11.9 Å². The van der Waals surface area contributed by atoms with Gasteiger partial charge in [0.25, 0.3) is 0 Å². The molecule has 1 saturated carbocycles. The van der Waals surface area contributed by atoms with E-state index in [1.54, 1.807) is 27.7 Å². The van der Waals surface area contributed by atoms with Gasteiger partial charge in [0, 0.05) is 5.92 Å². The van der Waals surface area contributed by atoms with Crippen LogP contribution in [0.5, 0.6) is 0 Å². The molecule has 22 heavy (non-hydrogen) atoms. The lowest BCUT2D eigenvalue weighted by atomic mass is 10.0. The van der Waals surface area contributed by atoms with Gasteiger partial charge < -0.3 is 18.9 Å². The van der Waals surface area contributed by atoms with E-state index in [1.165, 1.54) is 0 Å². The van der Waals surface area contributed by atoms with E-state index in [1.807, 2.05) is 13.8 Å². The predicted molar refractivity (Wildman–Crippen MR) is 77.9 cm³/mol. The van der Waals surface area contributed by atoms with Gasteiger partial charge in [0.2, 0.25) is 0 Å². The lowest BCUT2D eigenvalue weighted by Crippen LogP contribution is -2.37. The SMILES string of the molecule is CC(C)OC(=O)C1(C(=O)OC(C)C)C[C@H]1[C@H]1COC(C)(C)O1. The monoisotopic (exact) mass is 314 g/mol. The first-order valence-electron chi connectivity index (χ1n) is 7.82. The molecular formula is C16H26O6. The molecule has 1 saturated heterocycles. The molecule has 0 bridgehead atoms. The summed E-state index contributed by atoms with van der Waals surface area (Å²) in [5, 5.41) is 0. The summed E-state index contributed by atoms with van der Waals surface area (Å²) < 4.78 is 21.9. The summed E-state index contributed by atoms with van der Waals surface area (Å²) in [5.74, 6) is -1.99. The summed E-state index contributed by atoms with van der Waals surface area (Å²) in [6.45, 7) is 11.0. The van der Waals surface area contributed by atoms with Crippen molar-refractivity contribution in [3.63, 3.8) is 0 Å². The van der Waals surface area contributed by atoms with Crippen molar-refractivity contribution in [2.24, 2.45) is 11.3 Å². The Morgan fingerprint density at radius 2 is 1.55 bits per heavy atom. The molecule has 6 heteroatoms. The molecule has 2 fully saturated rings. The van der Waals surface area contributed by atoms with E-state index < -0.39 is 23.1 Å². The van der Waals surface area contributed by atoms with Crippen LogP contribution in [-0.4, -0.2) is 42.6 Å². The molecule has 0 amide bonds. The average Bonchev–Trinajstić information content (AvgIpc) is 3.01. The zero-order chi connectivity index (χ0) is 16.7. The van der Waals surface area contributed by atoms with Crippen LogP contribution in [0.15, 0.2) is 0 Å². The molecule has 1 heterocycles. The van der Waals surface area contributed by atoms with Gasteiger partial charge in [0.05, 0.1) is 24.9 Å². The fourth-order valence-electron chi connectivity index (χ4n) is 2.84. The number of carbonyl (C=O) groups excluding carboxylic acids is 2. The first kappa shape index (κ1) is 17.2. The van der Waals surface area contributed by atoms with Crippen molar-refractivity contribution in [3.05, 3.63) is 0 Å². The largest absolute Gasteiger partial charge is 0.462 e. The maximum absolute atomic E-state index is 12.5. The van der Waals surface area contributed by atoms with E-state index >= 15 is 0 Å². The molecule has 0 aromatic carbocycles. The maximum Gasteiger partial charge on any atom is 0.324 e. The Labute approximate surface area is 131 Å².